The van der Waals surface area contributed by atoms with Gasteiger partial charge in [0, 0.05) is 38.4 Å². The summed E-state index contributed by atoms with van der Waals surface area (Å²) in [5.74, 6) is 0.286. The zero-order valence-corrected chi connectivity index (χ0v) is 8.22. The van der Waals surface area contributed by atoms with Gasteiger partial charge in [-0.3, -0.25) is 0 Å². The third-order valence-electron chi connectivity index (χ3n) is 2.12. The lowest BCUT2D eigenvalue weighted by Crippen LogP contribution is -2.47. The van der Waals surface area contributed by atoms with E-state index in [1.807, 2.05) is 0 Å². The molecule has 1 aliphatic heterocycles. The molecule has 1 fully saturated rings. The van der Waals surface area contributed by atoms with Gasteiger partial charge < -0.3 is 15.0 Å². The predicted octanol–water partition coefficient (Wildman–Crippen LogP) is -0.119. The molecule has 80 valence electrons. The monoisotopic (exact) mass is 208 g/mol. The summed E-state index contributed by atoms with van der Waals surface area (Å²) in [5.41, 5.74) is 0. The lowest BCUT2D eigenvalue weighted by atomic mass is 10.4. The smallest absolute Gasteiger partial charge is 0.391 e. The van der Waals surface area contributed by atoms with Gasteiger partial charge in [-0.05, 0) is 0 Å². The van der Waals surface area contributed by atoms with Crippen LogP contribution in [0.3, 0.4) is 0 Å². The summed E-state index contributed by atoms with van der Waals surface area (Å²) in [5, 5.41) is 3.16. The van der Waals surface area contributed by atoms with Crippen molar-refractivity contribution >= 4 is 6.09 Å². The molecule has 1 saturated heterocycles. The van der Waals surface area contributed by atoms with E-state index in [2.05, 4.69) is 15.3 Å². The van der Waals surface area contributed by atoms with E-state index in [1.54, 1.807) is 11.0 Å². The molecule has 0 atom stereocenters. The Balaban J connectivity index is 1.91. The second-order valence-electron chi connectivity index (χ2n) is 3.15. The second-order valence-corrected chi connectivity index (χ2v) is 3.15. The van der Waals surface area contributed by atoms with Crippen LogP contribution in [0.2, 0.25) is 0 Å². The van der Waals surface area contributed by atoms with Gasteiger partial charge in [-0.1, -0.05) is 0 Å². The van der Waals surface area contributed by atoms with Crippen LogP contribution in [0.1, 0.15) is 0 Å². The lowest BCUT2D eigenvalue weighted by molar-refractivity contribution is 0.144. The average molecular weight is 208 g/mol. The van der Waals surface area contributed by atoms with E-state index in [9.17, 15) is 4.79 Å². The third-order valence-corrected chi connectivity index (χ3v) is 2.12. The Kier molecular flexibility index (Phi) is 3.08. The highest BCUT2D eigenvalue weighted by atomic mass is 16.6. The number of hydrogen-bond donors (Lipinski definition) is 1. The van der Waals surface area contributed by atoms with Gasteiger partial charge in [-0.15, -0.1) is 0 Å². The van der Waals surface area contributed by atoms with E-state index in [-0.39, 0.29) is 12.0 Å². The number of amides is 1. The third kappa shape index (κ3) is 2.63. The molecule has 0 spiro atoms. The van der Waals surface area contributed by atoms with E-state index in [0.717, 1.165) is 13.1 Å². The van der Waals surface area contributed by atoms with Crippen molar-refractivity contribution in [1.29, 1.82) is 0 Å². The van der Waals surface area contributed by atoms with Crippen LogP contribution < -0.4 is 10.1 Å². The first kappa shape index (κ1) is 9.85. The highest BCUT2D eigenvalue weighted by molar-refractivity contribution is 5.70. The number of hydrogen-bond acceptors (Lipinski definition) is 5. The van der Waals surface area contributed by atoms with Crippen LogP contribution in [0.4, 0.5) is 4.79 Å². The largest absolute Gasteiger partial charge is 0.416 e. The number of nitrogens with one attached hydrogen (secondary N) is 1. The molecule has 0 unspecified atom stereocenters. The van der Waals surface area contributed by atoms with E-state index in [4.69, 9.17) is 4.74 Å². The van der Waals surface area contributed by atoms with Gasteiger partial charge in [0.05, 0.1) is 0 Å². The fourth-order valence-corrected chi connectivity index (χ4v) is 1.34. The molecule has 6 heteroatoms. The molecule has 2 rings (SSSR count). The summed E-state index contributed by atoms with van der Waals surface area (Å²) in [4.78, 5) is 20.8. The number of nitrogens with zero attached hydrogens (tertiary/aromatic N) is 3. The summed E-state index contributed by atoms with van der Waals surface area (Å²) in [6, 6.07) is 1.56. The van der Waals surface area contributed by atoms with Crippen molar-refractivity contribution in [3.05, 3.63) is 18.6 Å². The van der Waals surface area contributed by atoms with Crippen molar-refractivity contribution in [1.82, 2.24) is 20.2 Å². The van der Waals surface area contributed by atoms with Crippen molar-refractivity contribution in [3.63, 3.8) is 0 Å². The van der Waals surface area contributed by atoms with E-state index >= 15 is 0 Å². The highest BCUT2D eigenvalue weighted by Gasteiger charge is 2.18. The summed E-state index contributed by atoms with van der Waals surface area (Å²) in [6.45, 7) is 2.95. The first-order valence-corrected chi connectivity index (χ1v) is 4.80. The molecule has 1 aromatic rings. The second kappa shape index (κ2) is 4.70. The quantitative estimate of drug-likeness (QED) is 0.697. The maximum atomic E-state index is 11.6. The Morgan fingerprint density at radius 2 is 2.27 bits per heavy atom. The van der Waals surface area contributed by atoms with Gasteiger partial charge in [0.1, 0.15) is 6.33 Å². The van der Waals surface area contributed by atoms with Crippen molar-refractivity contribution in [3.8, 4) is 5.88 Å². The summed E-state index contributed by atoms with van der Waals surface area (Å²) < 4.78 is 5.06. The van der Waals surface area contributed by atoms with Gasteiger partial charge in [0.2, 0.25) is 5.88 Å². The van der Waals surface area contributed by atoms with Crippen LogP contribution in [0.5, 0.6) is 5.88 Å². The van der Waals surface area contributed by atoms with Gasteiger partial charge >= 0.3 is 6.09 Å². The Hall–Kier alpha value is -1.69. The van der Waals surface area contributed by atoms with Gasteiger partial charge in [-0.2, -0.15) is 0 Å². The Morgan fingerprint density at radius 1 is 1.47 bits per heavy atom. The molecule has 6 nitrogen and oxygen atoms in total. The summed E-state index contributed by atoms with van der Waals surface area (Å²) in [7, 11) is 0. The highest BCUT2D eigenvalue weighted by Crippen LogP contribution is 2.05. The van der Waals surface area contributed by atoms with E-state index in [1.165, 1.54) is 12.5 Å². The number of ether oxygens (including phenoxy) is 1. The van der Waals surface area contributed by atoms with Crippen LogP contribution in [-0.2, 0) is 0 Å². The number of rotatable bonds is 1. The van der Waals surface area contributed by atoms with Crippen molar-refractivity contribution in [2.75, 3.05) is 26.2 Å². The first-order valence-electron chi connectivity index (χ1n) is 4.80. The molecule has 1 aromatic heterocycles. The molecule has 0 bridgehead atoms. The molecule has 0 aromatic carbocycles. The number of carbonyl (C=O) groups excluding carboxylic acids is 1. The van der Waals surface area contributed by atoms with Crippen molar-refractivity contribution < 1.29 is 9.53 Å². The Bertz CT molecular complexity index is 324. The standard InChI is InChI=1S/C9H12N4O2/c14-9(13-5-3-10-4-6-13)15-8-1-2-11-7-12-8/h1-2,7,10H,3-6H2. The Morgan fingerprint density at radius 3 is 2.93 bits per heavy atom. The molecule has 1 amide bonds. The van der Waals surface area contributed by atoms with Crippen LogP contribution >= 0.6 is 0 Å². The minimum Gasteiger partial charge on any atom is -0.391 e. The maximum absolute atomic E-state index is 11.6. The molecule has 0 aliphatic carbocycles. The van der Waals surface area contributed by atoms with Gasteiger partial charge in [-0.25, -0.2) is 14.8 Å². The maximum Gasteiger partial charge on any atom is 0.416 e. The normalized spacial score (nSPS) is 16.1. The minimum atomic E-state index is -0.352. The van der Waals surface area contributed by atoms with Gasteiger partial charge in [0.15, 0.2) is 0 Å². The molecule has 15 heavy (non-hydrogen) atoms. The van der Waals surface area contributed by atoms with Crippen LogP contribution in [-0.4, -0.2) is 47.1 Å². The fraction of sp³-hybridized carbons (Fsp3) is 0.444. The van der Waals surface area contributed by atoms with Crippen molar-refractivity contribution in [2.24, 2.45) is 0 Å². The van der Waals surface area contributed by atoms with Crippen LogP contribution in [0.15, 0.2) is 18.6 Å². The Labute approximate surface area is 87.3 Å². The lowest BCUT2D eigenvalue weighted by Gasteiger charge is -2.26. The fourth-order valence-electron chi connectivity index (χ4n) is 1.34. The summed E-state index contributed by atoms with van der Waals surface area (Å²) >= 11 is 0. The van der Waals surface area contributed by atoms with E-state index < -0.39 is 0 Å². The van der Waals surface area contributed by atoms with Crippen molar-refractivity contribution in [2.45, 2.75) is 0 Å². The molecule has 0 saturated carbocycles. The summed E-state index contributed by atoms with van der Waals surface area (Å²) in [6.07, 6.45) is 2.53. The van der Waals surface area contributed by atoms with Gasteiger partial charge in [0.25, 0.3) is 0 Å². The molecule has 0 radical (unpaired) electrons. The predicted molar refractivity (Wildman–Crippen MR) is 52.5 cm³/mol. The first-order chi connectivity index (χ1) is 7.36. The number of carbonyl (C=O) groups is 1. The molecule has 1 aliphatic rings. The minimum absolute atomic E-state index is 0.286. The molecular formula is C9H12N4O2. The van der Waals surface area contributed by atoms with E-state index in [0.29, 0.717) is 13.1 Å². The number of aromatic nitrogens is 2. The molecular weight excluding hydrogens is 196 g/mol. The SMILES string of the molecule is O=C(Oc1ccncn1)N1CCNCC1. The average Bonchev–Trinajstić information content (AvgIpc) is 2.31. The zero-order valence-electron chi connectivity index (χ0n) is 8.22. The van der Waals surface area contributed by atoms with Crippen LogP contribution in [0.25, 0.3) is 0 Å². The molecule has 1 N–H and O–H groups in total. The topological polar surface area (TPSA) is 67.3 Å². The zero-order chi connectivity index (χ0) is 10.5. The van der Waals surface area contributed by atoms with Crippen LogP contribution in [0, 0.1) is 0 Å². The molecule has 2 heterocycles. The number of piperazine rings is 1.